The first-order valence-corrected chi connectivity index (χ1v) is 5.33. The standard InChI is InChI=1S/C12H9N3O4/c13-5-11(16)12(17)8-1-2-10(15(18)19)9-6-14-4-3-7(8)9/h1-4,6,11-12,16-17H. The lowest BCUT2D eigenvalue weighted by Gasteiger charge is -2.14. The summed E-state index contributed by atoms with van der Waals surface area (Å²) in [5.41, 5.74) is 0.0996. The third-order valence-corrected chi connectivity index (χ3v) is 2.78. The van der Waals surface area contributed by atoms with Crippen LogP contribution in [0.5, 0.6) is 0 Å². The number of nitro benzene ring substituents is 1. The summed E-state index contributed by atoms with van der Waals surface area (Å²) in [5.74, 6) is 0. The fourth-order valence-electron chi connectivity index (χ4n) is 1.86. The second kappa shape index (κ2) is 4.97. The zero-order chi connectivity index (χ0) is 14.0. The molecule has 2 atom stereocenters. The Bertz CT molecular complexity index is 680. The number of hydrogen-bond donors (Lipinski definition) is 2. The normalized spacial score (nSPS) is 13.7. The van der Waals surface area contributed by atoms with Gasteiger partial charge in [-0.1, -0.05) is 0 Å². The van der Waals surface area contributed by atoms with Gasteiger partial charge in [-0.3, -0.25) is 15.1 Å². The molecule has 2 aromatic rings. The van der Waals surface area contributed by atoms with Crippen LogP contribution < -0.4 is 0 Å². The molecule has 0 bridgehead atoms. The van der Waals surface area contributed by atoms with E-state index in [1.54, 1.807) is 0 Å². The molecule has 2 N–H and O–H groups in total. The van der Waals surface area contributed by atoms with Crippen LogP contribution in [0.2, 0.25) is 0 Å². The van der Waals surface area contributed by atoms with Crippen LogP contribution in [-0.2, 0) is 0 Å². The molecule has 0 fully saturated rings. The van der Waals surface area contributed by atoms with Gasteiger partial charge in [-0.15, -0.1) is 0 Å². The van der Waals surface area contributed by atoms with Crippen LogP contribution in [0.25, 0.3) is 10.8 Å². The van der Waals surface area contributed by atoms with E-state index in [1.165, 1.54) is 36.7 Å². The minimum Gasteiger partial charge on any atom is -0.385 e. The fraction of sp³-hybridized carbons (Fsp3) is 0.167. The van der Waals surface area contributed by atoms with Crippen molar-refractivity contribution in [3.8, 4) is 6.07 Å². The molecule has 0 aliphatic carbocycles. The number of aliphatic hydroxyl groups excluding tert-OH is 2. The Morgan fingerprint density at radius 1 is 1.32 bits per heavy atom. The van der Waals surface area contributed by atoms with Crippen LogP contribution in [0.3, 0.4) is 0 Å². The number of nitriles is 1. The molecule has 0 aliphatic heterocycles. The van der Waals surface area contributed by atoms with Gasteiger partial charge in [0, 0.05) is 18.5 Å². The summed E-state index contributed by atoms with van der Waals surface area (Å²) < 4.78 is 0. The summed E-state index contributed by atoms with van der Waals surface area (Å²) in [4.78, 5) is 14.2. The molecule has 0 aliphatic rings. The van der Waals surface area contributed by atoms with Crippen molar-refractivity contribution in [1.29, 1.82) is 5.26 Å². The minimum absolute atomic E-state index is 0.148. The topological polar surface area (TPSA) is 120 Å². The van der Waals surface area contributed by atoms with Gasteiger partial charge >= 0.3 is 0 Å². The van der Waals surface area contributed by atoms with E-state index in [-0.39, 0.29) is 16.6 Å². The van der Waals surface area contributed by atoms with Gasteiger partial charge in [-0.05, 0) is 23.1 Å². The Balaban J connectivity index is 2.69. The lowest BCUT2D eigenvalue weighted by Crippen LogP contribution is -2.16. The van der Waals surface area contributed by atoms with Gasteiger partial charge < -0.3 is 10.2 Å². The predicted octanol–water partition coefficient (Wildman–Crippen LogP) is 1.06. The summed E-state index contributed by atoms with van der Waals surface area (Å²) in [6.07, 6.45) is -0.308. The van der Waals surface area contributed by atoms with Crippen molar-refractivity contribution < 1.29 is 15.1 Å². The molecule has 19 heavy (non-hydrogen) atoms. The van der Waals surface area contributed by atoms with Gasteiger partial charge in [0.1, 0.15) is 6.10 Å². The minimum atomic E-state index is -1.60. The van der Waals surface area contributed by atoms with Gasteiger partial charge in [0.15, 0.2) is 6.10 Å². The highest BCUT2D eigenvalue weighted by atomic mass is 16.6. The maximum atomic E-state index is 10.9. The van der Waals surface area contributed by atoms with Gasteiger partial charge in [-0.2, -0.15) is 5.26 Å². The molecule has 7 heteroatoms. The lowest BCUT2D eigenvalue weighted by molar-refractivity contribution is -0.383. The Morgan fingerprint density at radius 3 is 2.68 bits per heavy atom. The highest BCUT2D eigenvalue weighted by Gasteiger charge is 2.23. The Labute approximate surface area is 107 Å². The molecule has 2 unspecified atom stereocenters. The zero-order valence-corrected chi connectivity index (χ0v) is 9.59. The molecule has 1 aromatic carbocycles. The third-order valence-electron chi connectivity index (χ3n) is 2.78. The number of rotatable bonds is 3. The first kappa shape index (κ1) is 12.9. The number of hydrogen-bond acceptors (Lipinski definition) is 6. The van der Waals surface area contributed by atoms with Crippen LogP contribution in [-0.4, -0.2) is 26.2 Å². The number of nitro groups is 1. The van der Waals surface area contributed by atoms with Crippen LogP contribution in [0, 0.1) is 21.4 Å². The summed E-state index contributed by atoms with van der Waals surface area (Å²) in [6, 6.07) is 5.55. The van der Waals surface area contributed by atoms with E-state index < -0.39 is 17.1 Å². The van der Waals surface area contributed by atoms with Crippen molar-refractivity contribution in [2.24, 2.45) is 0 Å². The van der Waals surface area contributed by atoms with E-state index in [2.05, 4.69) is 4.98 Å². The van der Waals surface area contributed by atoms with E-state index in [4.69, 9.17) is 5.26 Å². The van der Waals surface area contributed by atoms with E-state index >= 15 is 0 Å². The number of benzene rings is 1. The second-order valence-corrected chi connectivity index (χ2v) is 3.87. The van der Waals surface area contributed by atoms with Crippen molar-refractivity contribution in [1.82, 2.24) is 4.98 Å². The van der Waals surface area contributed by atoms with Crippen LogP contribution in [0.4, 0.5) is 5.69 Å². The molecule has 2 rings (SSSR count). The van der Waals surface area contributed by atoms with Crippen LogP contribution >= 0.6 is 0 Å². The first-order valence-electron chi connectivity index (χ1n) is 5.33. The van der Waals surface area contributed by atoms with Gasteiger partial charge in [0.05, 0.1) is 16.4 Å². The molecule has 96 valence electrons. The van der Waals surface area contributed by atoms with Crippen molar-refractivity contribution in [2.75, 3.05) is 0 Å². The van der Waals surface area contributed by atoms with Crippen molar-refractivity contribution in [3.05, 3.63) is 46.3 Å². The molecule has 1 heterocycles. The predicted molar refractivity (Wildman–Crippen MR) is 65.0 cm³/mol. The smallest absolute Gasteiger partial charge is 0.278 e. The summed E-state index contributed by atoms with van der Waals surface area (Å²) in [7, 11) is 0. The van der Waals surface area contributed by atoms with Crippen molar-refractivity contribution in [3.63, 3.8) is 0 Å². The van der Waals surface area contributed by atoms with Gasteiger partial charge in [-0.25, -0.2) is 0 Å². The summed E-state index contributed by atoms with van der Waals surface area (Å²) >= 11 is 0. The highest BCUT2D eigenvalue weighted by Crippen LogP contribution is 2.31. The van der Waals surface area contributed by atoms with Crippen LogP contribution in [0.1, 0.15) is 11.7 Å². The van der Waals surface area contributed by atoms with E-state index in [0.717, 1.165) is 0 Å². The molecule has 0 amide bonds. The molecule has 0 spiro atoms. The molecule has 7 nitrogen and oxygen atoms in total. The Morgan fingerprint density at radius 2 is 2.05 bits per heavy atom. The average molecular weight is 259 g/mol. The van der Waals surface area contributed by atoms with Gasteiger partial charge in [0.2, 0.25) is 0 Å². The Hall–Kier alpha value is -2.56. The average Bonchev–Trinajstić information content (AvgIpc) is 2.44. The molecule has 0 radical (unpaired) electrons. The number of non-ortho nitro benzene ring substituents is 1. The number of nitrogens with zero attached hydrogens (tertiary/aromatic N) is 3. The summed E-state index contributed by atoms with van der Waals surface area (Å²) in [6.45, 7) is 0. The number of pyridine rings is 1. The SMILES string of the molecule is N#CC(O)C(O)c1ccc([N+](=O)[O-])c2cnccc12. The molecule has 1 aromatic heterocycles. The van der Waals surface area contributed by atoms with E-state index in [0.29, 0.717) is 5.39 Å². The quantitative estimate of drug-likeness (QED) is 0.483. The van der Waals surface area contributed by atoms with Crippen LogP contribution in [0.15, 0.2) is 30.6 Å². The van der Waals surface area contributed by atoms with E-state index in [1.807, 2.05) is 0 Å². The second-order valence-electron chi connectivity index (χ2n) is 3.87. The van der Waals surface area contributed by atoms with Crippen molar-refractivity contribution in [2.45, 2.75) is 12.2 Å². The maximum Gasteiger partial charge on any atom is 0.278 e. The largest absolute Gasteiger partial charge is 0.385 e. The number of aromatic nitrogens is 1. The van der Waals surface area contributed by atoms with E-state index in [9.17, 15) is 20.3 Å². The molecular formula is C12H9N3O4. The lowest BCUT2D eigenvalue weighted by atomic mass is 9.98. The number of aliphatic hydroxyl groups is 2. The zero-order valence-electron chi connectivity index (χ0n) is 9.59. The summed E-state index contributed by atoms with van der Waals surface area (Å²) in [5, 5.41) is 39.3. The Kier molecular flexibility index (Phi) is 3.37. The van der Waals surface area contributed by atoms with Crippen molar-refractivity contribution >= 4 is 16.5 Å². The number of fused-ring (bicyclic) bond motifs is 1. The maximum absolute atomic E-state index is 10.9. The molecule has 0 saturated heterocycles. The fourth-order valence-corrected chi connectivity index (χ4v) is 1.86. The third kappa shape index (κ3) is 2.22. The molecule has 0 saturated carbocycles. The van der Waals surface area contributed by atoms with Gasteiger partial charge in [0.25, 0.3) is 5.69 Å². The molecular weight excluding hydrogens is 250 g/mol. The first-order chi connectivity index (χ1) is 9.06. The highest BCUT2D eigenvalue weighted by molar-refractivity contribution is 5.92. The monoisotopic (exact) mass is 259 g/mol.